The van der Waals surface area contributed by atoms with Crippen LogP contribution in [0.5, 0.6) is 0 Å². The molecular weight excluding hydrogens is 420 g/mol. The molecule has 1 heterocycles. The van der Waals surface area contributed by atoms with Crippen LogP contribution in [-0.2, 0) is 25.0 Å². The van der Waals surface area contributed by atoms with Crippen molar-refractivity contribution in [2.24, 2.45) is 0 Å². The topological polar surface area (TPSA) is 113 Å². The molecule has 0 saturated carbocycles. The van der Waals surface area contributed by atoms with Crippen molar-refractivity contribution in [2.45, 2.75) is 17.4 Å². The smallest absolute Gasteiger partial charge is 0.322 e. The van der Waals surface area contributed by atoms with E-state index in [0.29, 0.717) is 16.5 Å². The van der Waals surface area contributed by atoms with Crippen LogP contribution in [0.2, 0.25) is 0 Å². The molecule has 2 N–H and O–H groups in total. The number of urea groups is 1. The van der Waals surface area contributed by atoms with Crippen molar-refractivity contribution in [3.05, 3.63) is 59.7 Å². The van der Waals surface area contributed by atoms with Gasteiger partial charge in [0.15, 0.2) is 9.84 Å². The largest absolute Gasteiger partial charge is 0.325 e. The summed E-state index contributed by atoms with van der Waals surface area (Å²) in [4.78, 5) is 38.0. The number of carbonyl (C=O) groups excluding carboxylic acids is 3. The molecule has 0 aromatic heterocycles. The Labute approximate surface area is 170 Å². The van der Waals surface area contributed by atoms with Crippen LogP contribution in [0, 0.1) is 11.6 Å². The average Bonchev–Trinajstić information content (AvgIpc) is 2.87. The Kier molecular flexibility index (Phi) is 5.33. The molecule has 30 heavy (non-hydrogen) atoms. The number of nitrogens with one attached hydrogen (secondary N) is 2. The molecule has 1 fully saturated rings. The van der Waals surface area contributed by atoms with Crippen molar-refractivity contribution >= 4 is 33.4 Å². The number of imide groups is 1. The summed E-state index contributed by atoms with van der Waals surface area (Å²) in [5, 5.41) is 4.65. The van der Waals surface area contributed by atoms with Gasteiger partial charge in [-0.2, -0.15) is 0 Å². The minimum atomic E-state index is -3.44. The molecule has 4 amide bonds. The molecule has 0 bridgehead atoms. The normalized spacial score (nSPS) is 19.0. The van der Waals surface area contributed by atoms with Crippen LogP contribution in [0.15, 0.2) is 47.4 Å². The lowest BCUT2D eigenvalue weighted by atomic mass is 9.92. The molecule has 3 rings (SSSR count). The fourth-order valence-electron chi connectivity index (χ4n) is 3.00. The number of rotatable bonds is 5. The van der Waals surface area contributed by atoms with Gasteiger partial charge in [-0.05, 0) is 36.8 Å². The van der Waals surface area contributed by atoms with Gasteiger partial charge in [0.25, 0.3) is 5.91 Å². The predicted octanol–water partition coefficient (Wildman–Crippen LogP) is 1.77. The van der Waals surface area contributed by atoms with Crippen molar-refractivity contribution in [1.29, 1.82) is 0 Å². The summed E-state index contributed by atoms with van der Waals surface area (Å²) in [6.07, 6.45) is 1.04. The van der Waals surface area contributed by atoms with Gasteiger partial charge in [0.2, 0.25) is 5.91 Å². The maximum Gasteiger partial charge on any atom is 0.325 e. The molecule has 1 unspecified atom stereocenters. The third-order valence-corrected chi connectivity index (χ3v) is 5.77. The minimum absolute atomic E-state index is 0.0455. The van der Waals surface area contributed by atoms with Crippen LogP contribution >= 0.6 is 0 Å². The van der Waals surface area contributed by atoms with E-state index in [2.05, 4.69) is 10.6 Å². The average molecular weight is 437 g/mol. The third-order valence-electron chi connectivity index (χ3n) is 4.64. The highest BCUT2D eigenvalue weighted by molar-refractivity contribution is 7.90. The van der Waals surface area contributed by atoms with E-state index in [1.165, 1.54) is 31.2 Å². The summed E-state index contributed by atoms with van der Waals surface area (Å²) in [6, 6.07) is 7.11. The highest BCUT2D eigenvalue weighted by Gasteiger charge is 2.49. The molecule has 11 heteroatoms. The zero-order valence-electron chi connectivity index (χ0n) is 15.9. The first-order valence-electron chi connectivity index (χ1n) is 8.61. The molecule has 0 aliphatic carbocycles. The molecular formula is C19H17F2N3O5S. The van der Waals surface area contributed by atoms with E-state index in [0.717, 1.165) is 18.4 Å². The molecule has 1 aliphatic heterocycles. The van der Waals surface area contributed by atoms with Crippen LogP contribution in [0.1, 0.15) is 12.5 Å². The highest BCUT2D eigenvalue weighted by atomic mass is 32.2. The number of sulfone groups is 1. The molecule has 1 saturated heterocycles. The second-order valence-electron chi connectivity index (χ2n) is 6.92. The van der Waals surface area contributed by atoms with Gasteiger partial charge in [0.1, 0.15) is 23.7 Å². The predicted molar refractivity (Wildman–Crippen MR) is 102 cm³/mol. The van der Waals surface area contributed by atoms with Crippen molar-refractivity contribution in [3.63, 3.8) is 0 Å². The van der Waals surface area contributed by atoms with Gasteiger partial charge < -0.3 is 10.6 Å². The summed E-state index contributed by atoms with van der Waals surface area (Å²) in [5.74, 6) is -3.43. The lowest BCUT2D eigenvalue weighted by Crippen LogP contribution is -2.42. The Balaban J connectivity index is 1.77. The van der Waals surface area contributed by atoms with E-state index in [-0.39, 0.29) is 10.6 Å². The van der Waals surface area contributed by atoms with Gasteiger partial charge >= 0.3 is 6.03 Å². The van der Waals surface area contributed by atoms with Crippen molar-refractivity contribution in [3.8, 4) is 0 Å². The lowest BCUT2D eigenvalue weighted by Gasteiger charge is -2.22. The van der Waals surface area contributed by atoms with Gasteiger partial charge in [-0.1, -0.05) is 12.1 Å². The first kappa shape index (κ1) is 21.4. The van der Waals surface area contributed by atoms with Crippen LogP contribution in [-0.4, -0.2) is 44.0 Å². The summed E-state index contributed by atoms with van der Waals surface area (Å²) in [6.45, 7) is 0.721. The number of hydrogen-bond acceptors (Lipinski definition) is 5. The van der Waals surface area contributed by atoms with Crippen molar-refractivity contribution in [2.75, 3.05) is 18.1 Å². The Bertz CT molecular complexity index is 1150. The van der Waals surface area contributed by atoms with Gasteiger partial charge in [-0.3, -0.25) is 14.5 Å². The maximum atomic E-state index is 13.7. The van der Waals surface area contributed by atoms with Gasteiger partial charge in [-0.25, -0.2) is 22.0 Å². The monoisotopic (exact) mass is 437 g/mol. The quantitative estimate of drug-likeness (QED) is 0.693. The number of hydrogen-bond donors (Lipinski definition) is 2. The molecule has 1 atom stereocenters. The molecule has 2 aromatic rings. The highest BCUT2D eigenvalue weighted by Crippen LogP contribution is 2.29. The first-order valence-corrected chi connectivity index (χ1v) is 10.5. The Hall–Kier alpha value is -3.34. The lowest BCUT2D eigenvalue weighted by molar-refractivity contribution is -0.133. The molecule has 0 radical (unpaired) electrons. The zero-order chi connectivity index (χ0) is 22.3. The molecule has 1 aliphatic rings. The van der Waals surface area contributed by atoms with Gasteiger partial charge in [0, 0.05) is 12.3 Å². The third kappa shape index (κ3) is 4.01. The Morgan fingerprint density at radius 3 is 2.33 bits per heavy atom. The Morgan fingerprint density at radius 1 is 1.13 bits per heavy atom. The number of anilines is 1. The summed E-state index contributed by atoms with van der Waals surface area (Å²) in [5.41, 5.74) is -1.50. The van der Waals surface area contributed by atoms with E-state index in [1.807, 2.05) is 0 Å². The minimum Gasteiger partial charge on any atom is -0.322 e. The number of halogens is 2. The zero-order valence-corrected chi connectivity index (χ0v) is 16.7. The fraction of sp³-hybridized carbons (Fsp3) is 0.211. The Morgan fingerprint density at radius 2 is 1.77 bits per heavy atom. The van der Waals surface area contributed by atoms with E-state index >= 15 is 0 Å². The SMILES string of the molecule is CC1(c2ccc(S(C)(=O)=O)cc2)NC(=O)N(CC(=O)Nc2ccc(F)cc2F)C1=O. The van der Waals surface area contributed by atoms with E-state index in [1.54, 1.807) is 0 Å². The van der Waals surface area contributed by atoms with E-state index in [9.17, 15) is 31.6 Å². The number of amides is 4. The number of nitrogens with zero attached hydrogens (tertiary/aromatic N) is 1. The number of benzene rings is 2. The van der Waals surface area contributed by atoms with Crippen molar-refractivity contribution in [1.82, 2.24) is 10.2 Å². The maximum absolute atomic E-state index is 13.7. The number of carbonyl (C=O) groups is 3. The summed E-state index contributed by atoms with van der Waals surface area (Å²) >= 11 is 0. The van der Waals surface area contributed by atoms with Crippen LogP contribution in [0.4, 0.5) is 19.3 Å². The second kappa shape index (κ2) is 7.48. The van der Waals surface area contributed by atoms with Crippen LogP contribution in [0.3, 0.4) is 0 Å². The van der Waals surface area contributed by atoms with Crippen LogP contribution < -0.4 is 10.6 Å². The van der Waals surface area contributed by atoms with E-state index in [4.69, 9.17) is 0 Å². The van der Waals surface area contributed by atoms with Gasteiger partial charge in [0.05, 0.1) is 10.6 Å². The van der Waals surface area contributed by atoms with Crippen molar-refractivity contribution < 1.29 is 31.6 Å². The van der Waals surface area contributed by atoms with Crippen LogP contribution in [0.25, 0.3) is 0 Å². The second-order valence-corrected chi connectivity index (χ2v) is 8.93. The molecule has 8 nitrogen and oxygen atoms in total. The fourth-order valence-corrected chi connectivity index (χ4v) is 3.63. The summed E-state index contributed by atoms with van der Waals surface area (Å²) < 4.78 is 49.8. The first-order chi connectivity index (χ1) is 13.9. The summed E-state index contributed by atoms with van der Waals surface area (Å²) in [7, 11) is -3.44. The molecule has 0 spiro atoms. The van der Waals surface area contributed by atoms with Gasteiger partial charge in [-0.15, -0.1) is 0 Å². The molecule has 2 aromatic carbocycles. The molecule has 158 valence electrons. The van der Waals surface area contributed by atoms with E-state index < -0.39 is 51.4 Å². The standard InChI is InChI=1S/C19H17F2N3O5S/c1-19(11-3-6-13(7-4-11)30(2,28)29)17(26)24(18(27)23-19)10-16(25)22-15-8-5-12(20)9-14(15)21/h3-9H,10H2,1-2H3,(H,22,25)(H,23,27).